The average Bonchev–Trinajstić information content (AvgIpc) is 3.16. The van der Waals surface area contributed by atoms with Crippen molar-refractivity contribution in [1.82, 2.24) is 10.6 Å². The van der Waals surface area contributed by atoms with Crippen LogP contribution in [0.4, 0.5) is 0 Å². The fraction of sp³-hybridized carbons (Fsp3) is 0.611. The monoisotopic (exact) mass is 445 g/mol. The largest absolute Gasteiger partial charge is 0.496 e. The Morgan fingerprint density at radius 3 is 2.79 bits per heavy atom. The van der Waals surface area contributed by atoms with Gasteiger partial charge >= 0.3 is 0 Å². The Morgan fingerprint density at radius 1 is 1.38 bits per heavy atom. The second-order valence-corrected chi connectivity index (χ2v) is 6.36. The highest BCUT2D eigenvalue weighted by atomic mass is 127. The van der Waals surface area contributed by atoms with Crippen molar-refractivity contribution >= 4 is 29.9 Å². The number of hydrogen-bond donors (Lipinski definition) is 2. The Bertz CT molecular complexity index is 579. The standard InChI is InChI=1S/C18H27N3O2.HI/c1-4-19-18(21-15-10-14-6-8-17(15)23-14)20-11-13-5-7-16(22-3)12(2)9-13;/h5,7,9,14-15,17H,4,6,8,10-11H2,1-3H3,(H2,19,20,21);1H. The molecule has 2 saturated heterocycles. The van der Waals surface area contributed by atoms with Crippen molar-refractivity contribution in [2.75, 3.05) is 13.7 Å². The van der Waals surface area contributed by atoms with Crippen LogP contribution in [0.25, 0.3) is 0 Å². The van der Waals surface area contributed by atoms with Gasteiger partial charge in [0, 0.05) is 6.54 Å². The highest BCUT2D eigenvalue weighted by molar-refractivity contribution is 14.0. The molecule has 5 nitrogen and oxygen atoms in total. The Labute approximate surface area is 161 Å². The number of aryl methyl sites for hydroxylation is 1. The third kappa shape index (κ3) is 4.53. The molecule has 2 heterocycles. The van der Waals surface area contributed by atoms with Crippen LogP contribution in [-0.4, -0.2) is 37.9 Å². The molecule has 2 aliphatic rings. The summed E-state index contributed by atoms with van der Waals surface area (Å²) in [7, 11) is 1.70. The van der Waals surface area contributed by atoms with Crippen molar-refractivity contribution in [3.05, 3.63) is 29.3 Å². The lowest BCUT2D eigenvalue weighted by atomic mass is 9.96. The van der Waals surface area contributed by atoms with E-state index in [0.717, 1.165) is 30.2 Å². The topological polar surface area (TPSA) is 54.9 Å². The van der Waals surface area contributed by atoms with E-state index in [2.05, 4.69) is 36.6 Å². The number of aliphatic imine (C=N–C) groups is 1. The van der Waals surface area contributed by atoms with Crippen LogP contribution in [-0.2, 0) is 11.3 Å². The van der Waals surface area contributed by atoms with E-state index in [1.54, 1.807) is 7.11 Å². The zero-order valence-corrected chi connectivity index (χ0v) is 17.0. The van der Waals surface area contributed by atoms with Crippen molar-refractivity contribution in [3.8, 4) is 5.75 Å². The maximum absolute atomic E-state index is 5.91. The van der Waals surface area contributed by atoms with Gasteiger partial charge in [0.2, 0.25) is 0 Å². The molecule has 2 aliphatic heterocycles. The SMILES string of the molecule is CCNC(=NCc1ccc(OC)c(C)c1)NC1CC2CCC1O2.I. The highest BCUT2D eigenvalue weighted by Gasteiger charge is 2.41. The van der Waals surface area contributed by atoms with E-state index in [1.165, 1.54) is 18.4 Å². The molecule has 0 aliphatic carbocycles. The molecule has 24 heavy (non-hydrogen) atoms. The predicted molar refractivity (Wildman–Crippen MR) is 107 cm³/mol. The van der Waals surface area contributed by atoms with Crippen molar-refractivity contribution in [3.63, 3.8) is 0 Å². The first kappa shape index (κ1) is 19.3. The van der Waals surface area contributed by atoms with Gasteiger partial charge in [0.05, 0.1) is 31.9 Å². The summed E-state index contributed by atoms with van der Waals surface area (Å²) in [6.45, 7) is 5.66. The van der Waals surface area contributed by atoms with Gasteiger partial charge in [-0.15, -0.1) is 24.0 Å². The first-order valence-electron chi connectivity index (χ1n) is 8.53. The number of ether oxygens (including phenoxy) is 2. The Balaban J connectivity index is 0.00000208. The minimum Gasteiger partial charge on any atom is -0.496 e. The molecule has 0 aromatic heterocycles. The lowest BCUT2D eigenvalue weighted by Crippen LogP contribution is -2.47. The summed E-state index contributed by atoms with van der Waals surface area (Å²) in [5.41, 5.74) is 2.32. The van der Waals surface area contributed by atoms with Crippen LogP contribution in [0.5, 0.6) is 5.75 Å². The summed E-state index contributed by atoms with van der Waals surface area (Å²) in [4.78, 5) is 4.73. The molecule has 134 valence electrons. The first-order valence-corrected chi connectivity index (χ1v) is 8.53. The maximum atomic E-state index is 5.91. The number of halogens is 1. The van der Waals surface area contributed by atoms with E-state index in [9.17, 15) is 0 Å². The van der Waals surface area contributed by atoms with E-state index in [0.29, 0.717) is 24.8 Å². The fourth-order valence-electron chi connectivity index (χ4n) is 3.49. The van der Waals surface area contributed by atoms with Crippen LogP contribution in [0.2, 0.25) is 0 Å². The maximum Gasteiger partial charge on any atom is 0.191 e. The number of benzene rings is 1. The molecule has 2 fully saturated rings. The van der Waals surface area contributed by atoms with E-state index in [4.69, 9.17) is 14.5 Å². The molecule has 6 heteroatoms. The highest BCUT2D eigenvalue weighted by Crippen LogP contribution is 2.34. The summed E-state index contributed by atoms with van der Waals surface area (Å²) < 4.78 is 11.2. The molecular weight excluding hydrogens is 417 g/mol. The fourth-order valence-corrected chi connectivity index (χ4v) is 3.49. The minimum atomic E-state index is 0. The summed E-state index contributed by atoms with van der Waals surface area (Å²) in [6, 6.07) is 6.60. The van der Waals surface area contributed by atoms with Crippen LogP contribution < -0.4 is 15.4 Å². The number of rotatable bonds is 5. The smallest absolute Gasteiger partial charge is 0.191 e. The van der Waals surface area contributed by atoms with Gasteiger partial charge in [0.25, 0.3) is 0 Å². The van der Waals surface area contributed by atoms with E-state index in [-0.39, 0.29) is 24.0 Å². The molecule has 0 amide bonds. The Morgan fingerprint density at radius 2 is 2.21 bits per heavy atom. The molecular formula is C18H28IN3O2. The van der Waals surface area contributed by atoms with E-state index >= 15 is 0 Å². The number of nitrogens with zero attached hydrogens (tertiary/aromatic N) is 1. The van der Waals surface area contributed by atoms with Gasteiger partial charge in [-0.1, -0.05) is 12.1 Å². The first-order chi connectivity index (χ1) is 11.2. The van der Waals surface area contributed by atoms with Gasteiger partial charge in [-0.2, -0.15) is 0 Å². The number of methoxy groups -OCH3 is 1. The Kier molecular flexibility index (Phi) is 7.16. The van der Waals surface area contributed by atoms with Crippen molar-refractivity contribution in [2.45, 2.75) is 57.9 Å². The van der Waals surface area contributed by atoms with Crippen molar-refractivity contribution in [2.24, 2.45) is 4.99 Å². The lowest BCUT2D eigenvalue weighted by Gasteiger charge is -2.22. The van der Waals surface area contributed by atoms with Gasteiger partial charge in [-0.3, -0.25) is 0 Å². The molecule has 3 rings (SSSR count). The normalized spacial score (nSPS) is 25.3. The average molecular weight is 445 g/mol. The summed E-state index contributed by atoms with van der Waals surface area (Å²) in [5, 5.41) is 6.88. The summed E-state index contributed by atoms with van der Waals surface area (Å²) in [6.07, 6.45) is 4.27. The third-order valence-electron chi connectivity index (χ3n) is 4.65. The van der Waals surface area contributed by atoms with Crippen LogP contribution in [0.1, 0.15) is 37.3 Å². The van der Waals surface area contributed by atoms with E-state index < -0.39 is 0 Å². The summed E-state index contributed by atoms with van der Waals surface area (Å²) >= 11 is 0. The Hall–Kier alpha value is -1.02. The number of fused-ring (bicyclic) bond motifs is 2. The number of guanidine groups is 1. The van der Waals surface area contributed by atoms with Gasteiger partial charge in [-0.25, -0.2) is 4.99 Å². The van der Waals surface area contributed by atoms with Gasteiger partial charge in [0.1, 0.15) is 5.75 Å². The molecule has 1 aromatic carbocycles. The second kappa shape index (κ2) is 8.89. The molecule has 0 radical (unpaired) electrons. The predicted octanol–water partition coefficient (Wildman–Crippen LogP) is 3.00. The molecule has 2 N–H and O–H groups in total. The van der Waals surface area contributed by atoms with Gasteiger partial charge in [-0.05, 0) is 50.3 Å². The lowest BCUT2D eigenvalue weighted by molar-refractivity contribution is 0.0992. The van der Waals surface area contributed by atoms with Crippen molar-refractivity contribution < 1.29 is 9.47 Å². The second-order valence-electron chi connectivity index (χ2n) is 6.36. The van der Waals surface area contributed by atoms with Crippen LogP contribution in [0, 0.1) is 6.92 Å². The molecule has 0 saturated carbocycles. The van der Waals surface area contributed by atoms with Crippen molar-refractivity contribution in [1.29, 1.82) is 0 Å². The summed E-state index contributed by atoms with van der Waals surface area (Å²) in [5.74, 6) is 1.80. The van der Waals surface area contributed by atoms with Crippen LogP contribution in [0.15, 0.2) is 23.2 Å². The zero-order valence-electron chi connectivity index (χ0n) is 14.7. The van der Waals surface area contributed by atoms with Gasteiger partial charge in [0.15, 0.2) is 5.96 Å². The van der Waals surface area contributed by atoms with Gasteiger partial charge < -0.3 is 20.1 Å². The van der Waals surface area contributed by atoms with Crippen LogP contribution in [0.3, 0.4) is 0 Å². The zero-order chi connectivity index (χ0) is 16.2. The van der Waals surface area contributed by atoms with Crippen LogP contribution >= 0.6 is 24.0 Å². The number of nitrogens with one attached hydrogen (secondary N) is 2. The third-order valence-corrected chi connectivity index (χ3v) is 4.65. The minimum absolute atomic E-state index is 0. The molecule has 2 bridgehead atoms. The molecule has 0 spiro atoms. The molecule has 1 aromatic rings. The molecule has 3 unspecified atom stereocenters. The quantitative estimate of drug-likeness (QED) is 0.416. The number of hydrogen-bond acceptors (Lipinski definition) is 3. The van der Waals surface area contributed by atoms with E-state index in [1.807, 2.05) is 6.07 Å². The molecule has 3 atom stereocenters.